The molecule has 0 atom stereocenters. The molecule has 0 saturated carbocycles. The second-order valence-corrected chi connectivity index (χ2v) is 5.33. The first-order valence-electron chi connectivity index (χ1n) is 7.33. The van der Waals surface area contributed by atoms with Crippen LogP contribution < -0.4 is 5.63 Å². The molecule has 23 heavy (non-hydrogen) atoms. The molecule has 1 aromatic carbocycles. The molecule has 3 rings (SSSR count). The van der Waals surface area contributed by atoms with Gasteiger partial charge >= 0.3 is 5.63 Å². The number of hydrogen-bond donors (Lipinski definition) is 0. The van der Waals surface area contributed by atoms with Crippen LogP contribution in [0.2, 0.25) is 0 Å². The summed E-state index contributed by atoms with van der Waals surface area (Å²) in [6, 6.07) is 8.91. The number of aryl methyl sites for hydroxylation is 1. The zero-order valence-electron chi connectivity index (χ0n) is 12.3. The van der Waals surface area contributed by atoms with E-state index in [1.165, 1.54) is 6.08 Å². The van der Waals surface area contributed by atoms with Gasteiger partial charge < -0.3 is 4.42 Å². The number of benzene rings is 1. The van der Waals surface area contributed by atoms with Gasteiger partial charge in [0.25, 0.3) is 0 Å². The first-order chi connectivity index (χ1) is 11.2. The van der Waals surface area contributed by atoms with Gasteiger partial charge in [-0.15, -0.1) is 0 Å². The standard InChI is InChI=1S/C19H12N2O2/c20-11-13(12-21)7-17-9-16-8-14-5-3-1-2-4-6-15(14)10-18(16)23-19(17)22/h7-10H,1-3,5H2. The quantitative estimate of drug-likeness (QED) is 0.460. The Kier molecular flexibility index (Phi) is 3.96. The molecular weight excluding hydrogens is 288 g/mol. The minimum atomic E-state index is -0.570. The Morgan fingerprint density at radius 3 is 2.83 bits per heavy atom. The van der Waals surface area contributed by atoms with Gasteiger partial charge in [0, 0.05) is 17.4 Å². The van der Waals surface area contributed by atoms with Crippen molar-refractivity contribution in [2.75, 3.05) is 0 Å². The van der Waals surface area contributed by atoms with Crippen molar-refractivity contribution in [3.63, 3.8) is 0 Å². The lowest BCUT2D eigenvalue weighted by Crippen LogP contribution is -2.04. The topological polar surface area (TPSA) is 77.8 Å². The smallest absolute Gasteiger partial charge is 0.343 e. The third-order valence-electron chi connectivity index (χ3n) is 3.75. The summed E-state index contributed by atoms with van der Waals surface area (Å²) in [5, 5.41) is 18.4. The molecule has 0 fully saturated rings. The molecule has 0 saturated heterocycles. The molecule has 1 aliphatic rings. The zero-order chi connectivity index (χ0) is 16.2. The molecule has 0 N–H and O–H groups in total. The maximum Gasteiger partial charge on any atom is 0.343 e. The van der Waals surface area contributed by atoms with E-state index in [1.54, 1.807) is 24.3 Å². The van der Waals surface area contributed by atoms with Crippen LogP contribution in [0.5, 0.6) is 0 Å². The molecular formula is C19H12N2O2. The van der Waals surface area contributed by atoms with E-state index in [0.717, 1.165) is 42.2 Å². The summed E-state index contributed by atoms with van der Waals surface area (Å²) in [5.74, 6) is 6.26. The number of allylic oxidation sites excluding steroid dienone is 1. The van der Waals surface area contributed by atoms with E-state index in [9.17, 15) is 4.79 Å². The van der Waals surface area contributed by atoms with Crippen molar-refractivity contribution in [2.45, 2.75) is 25.7 Å². The monoisotopic (exact) mass is 300 g/mol. The fraction of sp³-hybridized carbons (Fsp3) is 0.211. The van der Waals surface area contributed by atoms with Crippen molar-refractivity contribution < 1.29 is 4.42 Å². The first-order valence-corrected chi connectivity index (χ1v) is 7.33. The average molecular weight is 300 g/mol. The lowest BCUT2D eigenvalue weighted by molar-refractivity contribution is 0.559. The predicted octanol–water partition coefficient (Wildman–Crippen LogP) is 3.30. The van der Waals surface area contributed by atoms with Gasteiger partial charge in [-0.1, -0.05) is 11.8 Å². The fourth-order valence-electron chi connectivity index (χ4n) is 2.59. The fourth-order valence-corrected chi connectivity index (χ4v) is 2.59. The first kappa shape index (κ1) is 14.6. The maximum atomic E-state index is 12.0. The van der Waals surface area contributed by atoms with Gasteiger partial charge in [0.05, 0.1) is 5.56 Å². The Morgan fingerprint density at radius 1 is 1.22 bits per heavy atom. The summed E-state index contributed by atoms with van der Waals surface area (Å²) in [5.41, 5.74) is 2.00. The Morgan fingerprint density at radius 2 is 2.04 bits per heavy atom. The van der Waals surface area contributed by atoms with Crippen molar-refractivity contribution >= 4 is 17.0 Å². The summed E-state index contributed by atoms with van der Waals surface area (Å²) in [6.07, 6.45) is 5.23. The van der Waals surface area contributed by atoms with Crippen molar-refractivity contribution in [1.82, 2.24) is 0 Å². The van der Waals surface area contributed by atoms with Crippen LogP contribution in [-0.4, -0.2) is 0 Å². The molecule has 0 radical (unpaired) electrons. The highest BCUT2D eigenvalue weighted by Gasteiger charge is 2.10. The van der Waals surface area contributed by atoms with E-state index < -0.39 is 5.63 Å². The second kappa shape index (κ2) is 6.22. The van der Waals surface area contributed by atoms with Crippen LogP contribution in [0.1, 0.15) is 36.0 Å². The lowest BCUT2D eigenvalue weighted by Gasteiger charge is -2.09. The molecule has 2 aromatic rings. The molecule has 0 amide bonds. The van der Waals surface area contributed by atoms with E-state index in [-0.39, 0.29) is 11.1 Å². The highest BCUT2D eigenvalue weighted by molar-refractivity contribution is 5.82. The van der Waals surface area contributed by atoms with Gasteiger partial charge in [-0.2, -0.15) is 10.5 Å². The van der Waals surface area contributed by atoms with E-state index in [4.69, 9.17) is 14.9 Å². The minimum absolute atomic E-state index is 0.131. The van der Waals surface area contributed by atoms with E-state index in [0.29, 0.717) is 5.58 Å². The highest BCUT2D eigenvalue weighted by atomic mass is 16.4. The van der Waals surface area contributed by atoms with E-state index >= 15 is 0 Å². The highest BCUT2D eigenvalue weighted by Crippen LogP contribution is 2.23. The molecule has 0 bridgehead atoms. The number of fused-ring (bicyclic) bond motifs is 2. The SMILES string of the molecule is N#CC(C#N)=Cc1cc2cc3c(cc2oc1=O)C#CCCCC3. The summed E-state index contributed by atoms with van der Waals surface area (Å²) < 4.78 is 5.33. The number of rotatable bonds is 1. The Balaban J connectivity index is 2.20. The van der Waals surface area contributed by atoms with Crippen molar-refractivity contribution in [3.8, 4) is 24.0 Å². The molecule has 1 aromatic heterocycles. The van der Waals surface area contributed by atoms with Gasteiger partial charge in [0.2, 0.25) is 0 Å². The van der Waals surface area contributed by atoms with Gasteiger partial charge in [-0.05, 0) is 49.1 Å². The second-order valence-electron chi connectivity index (χ2n) is 5.33. The van der Waals surface area contributed by atoms with Crippen LogP contribution in [0.4, 0.5) is 0 Å². The van der Waals surface area contributed by atoms with Crippen LogP contribution in [0.25, 0.3) is 17.0 Å². The molecule has 0 unspecified atom stereocenters. The number of hydrogen-bond acceptors (Lipinski definition) is 4. The van der Waals surface area contributed by atoms with Crippen molar-refractivity contribution in [1.29, 1.82) is 10.5 Å². The van der Waals surface area contributed by atoms with Crippen LogP contribution in [0.15, 0.2) is 33.0 Å². The molecule has 1 heterocycles. The van der Waals surface area contributed by atoms with Gasteiger partial charge in [0.15, 0.2) is 0 Å². The molecule has 4 nitrogen and oxygen atoms in total. The number of nitriles is 2. The summed E-state index contributed by atoms with van der Waals surface area (Å²) in [6.45, 7) is 0. The van der Waals surface area contributed by atoms with Crippen molar-refractivity contribution in [3.05, 3.63) is 50.9 Å². The van der Waals surface area contributed by atoms with Crippen molar-refractivity contribution in [2.24, 2.45) is 0 Å². The van der Waals surface area contributed by atoms with Crippen LogP contribution >= 0.6 is 0 Å². The summed E-state index contributed by atoms with van der Waals surface area (Å²) in [7, 11) is 0. The Bertz CT molecular complexity index is 1000. The van der Waals surface area contributed by atoms with E-state index in [1.807, 2.05) is 6.07 Å². The molecule has 0 spiro atoms. The molecule has 1 aliphatic carbocycles. The third-order valence-corrected chi connectivity index (χ3v) is 3.75. The number of nitrogens with zero attached hydrogens (tertiary/aromatic N) is 2. The maximum absolute atomic E-state index is 12.0. The molecule has 0 aliphatic heterocycles. The average Bonchev–Trinajstić information content (AvgIpc) is 2.53. The summed E-state index contributed by atoms with van der Waals surface area (Å²) >= 11 is 0. The normalized spacial score (nSPS) is 12.6. The van der Waals surface area contributed by atoms with Crippen LogP contribution in [0.3, 0.4) is 0 Å². The molecule has 4 heteroatoms. The van der Waals surface area contributed by atoms with Gasteiger partial charge in [0.1, 0.15) is 23.3 Å². The van der Waals surface area contributed by atoms with Crippen LogP contribution in [-0.2, 0) is 6.42 Å². The minimum Gasteiger partial charge on any atom is -0.422 e. The Labute approximate surface area is 133 Å². The Hall–Kier alpha value is -3.29. The van der Waals surface area contributed by atoms with E-state index in [2.05, 4.69) is 11.8 Å². The third kappa shape index (κ3) is 3.00. The predicted molar refractivity (Wildman–Crippen MR) is 86.1 cm³/mol. The van der Waals surface area contributed by atoms with Gasteiger partial charge in [-0.25, -0.2) is 4.79 Å². The largest absolute Gasteiger partial charge is 0.422 e. The van der Waals surface area contributed by atoms with Crippen LogP contribution in [0, 0.1) is 34.5 Å². The molecule has 110 valence electrons. The summed E-state index contributed by atoms with van der Waals surface area (Å²) in [4.78, 5) is 12.0. The van der Waals surface area contributed by atoms with Gasteiger partial charge in [-0.3, -0.25) is 0 Å². The lowest BCUT2D eigenvalue weighted by atomic mass is 9.97. The zero-order valence-corrected chi connectivity index (χ0v) is 12.3.